The predicted molar refractivity (Wildman–Crippen MR) is 52.9 cm³/mol. The molecule has 7 nitrogen and oxygen atoms in total. The van der Waals surface area contributed by atoms with Crippen molar-refractivity contribution in [3.05, 3.63) is 34.6 Å². The third kappa shape index (κ3) is 1.83. The van der Waals surface area contributed by atoms with Crippen LogP contribution in [0.2, 0.25) is 0 Å². The highest BCUT2D eigenvalue weighted by Crippen LogP contribution is 2.02. The van der Waals surface area contributed by atoms with Gasteiger partial charge < -0.3 is 9.94 Å². The fraction of sp³-hybridized carbons (Fsp3) is 0.111. The van der Waals surface area contributed by atoms with Crippen molar-refractivity contribution in [3.8, 4) is 0 Å². The summed E-state index contributed by atoms with van der Waals surface area (Å²) in [5.41, 5.74) is -0.102. The standard InChI is InChI=1S/C9H7N3O4/c13-8(14)5-16-12-9(15)6-3-1-2-4-7(6)10-11-12/h1-4H,5H2,(H,13,14). The predicted octanol–water partition coefficient (Wildman–Crippen LogP) is -0.695. The summed E-state index contributed by atoms with van der Waals surface area (Å²) in [6.45, 7) is -0.646. The first-order chi connectivity index (χ1) is 7.68. The van der Waals surface area contributed by atoms with E-state index in [1.54, 1.807) is 24.3 Å². The molecule has 0 saturated heterocycles. The zero-order valence-electron chi connectivity index (χ0n) is 8.03. The molecule has 0 bridgehead atoms. The molecule has 0 fully saturated rings. The van der Waals surface area contributed by atoms with Crippen molar-refractivity contribution in [1.82, 2.24) is 15.2 Å². The van der Waals surface area contributed by atoms with E-state index in [4.69, 9.17) is 5.11 Å². The third-order valence-corrected chi connectivity index (χ3v) is 1.85. The summed E-state index contributed by atoms with van der Waals surface area (Å²) in [4.78, 5) is 27.1. The number of rotatable bonds is 3. The Morgan fingerprint density at radius 2 is 2.19 bits per heavy atom. The van der Waals surface area contributed by atoms with Crippen LogP contribution in [0.3, 0.4) is 0 Å². The highest BCUT2D eigenvalue weighted by molar-refractivity contribution is 5.76. The van der Waals surface area contributed by atoms with Crippen LogP contribution >= 0.6 is 0 Å². The van der Waals surface area contributed by atoms with E-state index < -0.39 is 18.1 Å². The van der Waals surface area contributed by atoms with Crippen LogP contribution in [0, 0.1) is 0 Å². The lowest BCUT2D eigenvalue weighted by atomic mass is 10.2. The van der Waals surface area contributed by atoms with Gasteiger partial charge in [-0.3, -0.25) is 4.79 Å². The number of fused-ring (bicyclic) bond motifs is 1. The Labute approximate surface area is 88.8 Å². The van der Waals surface area contributed by atoms with Crippen LogP contribution in [0.25, 0.3) is 10.9 Å². The summed E-state index contributed by atoms with van der Waals surface area (Å²) < 4.78 is 0. The number of carboxylic acid groups (broad SMARTS) is 1. The number of carbonyl (C=O) groups is 1. The summed E-state index contributed by atoms with van der Waals surface area (Å²) >= 11 is 0. The number of aromatic nitrogens is 3. The van der Waals surface area contributed by atoms with Gasteiger partial charge in [-0.25, -0.2) is 4.79 Å². The maximum Gasteiger partial charge on any atom is 0.344 e. The van der Waals surface area contributed by atoms with Crippen molar-refractivity contribution in [2.45, 2.75) is 0 Å². The van der Waals surface area contributed by atoms with Crippen LogP contribution in [0.4, 0.5) is 0 Å². The Morgan fingerprint density at radius 1 is 1.44 bits per heavy atom. The molecule has 1 heterocycles. The molecular formula is C9H7N3O4. The lowest BCUT2D eigenvalue weighted by molar-refractivity contribution is -0.143. The van der Waals surface area contributed by atoms with Crippen LogP contribution in [0.15, 0.2) is 29.1 Å². The summed E-state index contributed by atoms with van der Waals surface area (Å²) in [6, 6.07) is 6.59. The lowest BCUT2D eigenvalue weighted by Gasteiger charge is -2.03. The molecule has 0 atom stereocenters. The van der Waals surface area contributed by atoms with Gasteiger partial charge in [0.2, 0.25) is 6.61 Å². The molecule has 1 aromatic carbocycles. The van der Waals surface area contributed by atoms with Gasteiger partial charge in [-0.2, -0.15) is 0 Å². The first-order valence-electron chi connectivity index (χ1n) is 4.38. The lowest BCUT2D eigenvalue weighted by Crippen LogP contribution is -2.33. The largest absolute Gasteiger partial charge is 0.479 e. The summed E-state index contributed by atoms with van der Waals surface area (Å²) in [5.74, 6) is -1.19. The highest BCUT2D eigenvalue weighted by Gasteiger charge is 2.06. The van der Waals surface area contributed by atoms with Crippen molar-refractivity contribution < 1.29 is 14.7 Å². The fourth-order valence-electron chi connectivity index (χ4n) is 1.17. The van der Waals surface area contributed by atoms with Crippen LogP contribution in [0.1, 0.15) is 0 Å². The summed E-state index contributed by atoms with van der Waals surface area (Å²) in [5, 5.41) is 15.9. The van der Waals surface area contributed by atoms with Crippen molar-refractivity contribution in [2.75, 3.05) is 6.61 Å². The average Bonchev–Trinajstić information content (AvgIpc) is 2.28. The van der Waals surface area contributed by atoms with E-state index in [1.807, 2.05) is 0 Å². The molecule has 2 aromatic rings. The number of benzene rings is 1. The SMILES string of the molecule is O=C(O)COn1nnc2ccccc2c1=O. The summed E-state index contributed by atoms with van der Waals surface area (Å²) in [7, 11) is 0. The van der Waals surface area contributed by atoms with Gasteiger partial charge in [0.25, 0.3) is 0 Å². The molecule has 1 aromatic heterocycles. The fourth-order valence-corrected chi connectivity index (χ4v) is 1.17. The maximum atomic E-state index is 11.7. The molecule has 7 heteroatoms. The number of hydrogen-bond acceptors (Lipinski definition) is 5. The quantitative estimate of drug-likeness (QED) is 0.736. The van der Waals surface area contributed by atoms with Gasteiger partial charge in [0, 0.05) is 0 Å². The van der Waals surface area contributed by atoms with Crippen molar-refractivity contribution >= 4 is 16.9 Å². The van der Waals surface area contributed by atoms with Gasteiger partial charge in [0.15, 0.2) is 0 Å². The van der Waals surface area contributed by atoms with E-state index in [2.05, 4.69) is 15.1 Å². The number of aliphatic carboxylic acids is 1. The second kappa shape index (κ2) is 3.97. The number of nitrogens with zero attached hydrogens (tertiary/aromatic N) is 3. The van der Waals surface area contributed by atoms with E-state index >= 15 is 0 Å². The average molecular weight is 221 g/mol. The van der Waals surface area contributed by atoms with E-state index in [-0.39, 0.29) is 0 Å². The normalized spacial score (nSPS) is 10.2. The van der Waals surface area contributed by atoms with Crippen molar-refractivity contribution in [3.63, 3.8) is 0 Å². The number of carboxylic acids is 1. The van der Waals surface area contributed by atoms with Gasteiger partial charge >= 0.3 is 11.5 Å². The van der Waals surface area contributed by atoms with Gasteiger partial charge in [-0.1, -0.05) is 12.1 Å². The Kier molecular flexibility index (Phi) is 2.50. The van der Waals surface area contributed by atoms with Gasteiger partial charge in [0.1, 0.15) is 5.52 Å². The molecule has 2 rings (SSSR count). The maximum absolute atomic E-state index is 11.7. The van der Waals surface area contributed by atoms with E-state index in [0.717, 1.165) is 0 Å². The molecular weight excluding hydrogens is 214 g/mol. The zero-order valence-corrected chi connectivity index (χ0v) is 8.03. The molecule has 0 amide bonds. The van der Waals surface area contributed by atoms with Crippen LogP contribution < -0.4 is 10.4 Å². The van der Waals surface area contributed by atoms with Gasteiger partial charge in [-0.15, -0.1) is 5.10 Å². The molecule has 0 aliphatic heterocycles. The summed E-state index contributed by atoms with van der Waals surface area (Å²) in [6.07, 6.45) is 0. The van der Waals surface area contributed by atoms with Crippen molar-refractivity contribution in [1.29, 1.82) is 0 Å². The van der Waals surface area contributed by atoms with Crippen LogP contribution in [0.5, 0.6) is 0 Å². The molecule has 0 spiro atoms. The first-order valence-corrected chi connectivity index (χ1v) is 4.38. The minimum Gasteiger partial charge on any atom is -0.479 e. The second-order valence-electron chi connectivity index (χ2n) is 2.95. The second-order valence-corrected chi connectivity index (χ2v) is 2.95. The van der Waals surface area contributed by atoms with Crippen LogP contribution in [-0.4, -0.2) is 32.8 Å². The molecule has 16 heavy (non-hydrogen) atoms. The Balaban J connectivity index is 2.45. The number of hydrogen-bond donors (Lipinski definition) is 1. The van der Waals surface area contributed by atoms with E-state index in [0.29, 0.717) is 15.7 Å². The molecule has 0 saturated carbocycles. The molecule has 0 aliphatic carbocycles. The van der Waals surface area contributed by atoms with Gasteiger partial charge in [0.05, 0.1) is 5.39 Å². The Hall–Kier alpha value is -2.44. The smallest absolute Gasteiger partial charge is 0.344 e. The Bertz CT molecular complexity index is 593. The topological polar surface area (TPSA) is 94.3 Å². The zero-order chi connectivity index (χ0) is 11.5. The molecule has 1 N–H and O–H groups in total. The minimum absolute atomic E-state index is 0.322. The van der Waals surface area contributed by atoms with Crippen LogP contribution in [-0.2, 0) is 4.79 Å². The molecule has 82 valence electrons. The molecule has 0 unspecified atom stereocenters. The van der Waals surface area contributed by atoms with E-state index in [9.17, 15) is 9.59 Å². The third-order valence-electron chi connectivity index (χ3n) is 1.85. The molecule has 0 aliphatic rings. The monoisotopic (exact) mass is 221 g/mol. The van der Waals surface area contributed by atoms with Gasteiger partial charge in [-0.05, 0) is 22.2 Å². The molecule has 0 radical (unpaired) electrons. The Morgan fingerprint density at radius 3 is 2.94 bits per heavy atom. The van der Waals surface area contributed by atoms with Crippen molar-refractivity contribution in [2.24, 2.45) is 0 Å². The van der Waals surface area contributed by atoms with E-state index in [1.165, 1.54) is 0 Å². The minimum atomic E-state index is -1.19. The highest BCUT2D eigenvalue weighted by atomic mass is 16.7. The first kappa shape index (κ1) is 10.1.